The van der Waals surface area contributed by atoms with Crippen LogP contribution < -0.4 is 0 Å². The van der Waals surface area contributed by atoms with Crippen LogP contribution in [-0.2, 0) is 0 Å². The third kappa shape index (κ3) is 3.71. The maximum absolute atomic E-state index is 13.1. The molecular formula is C18H12BrClFNO. The van der Waals surface area contributed by atoms with E-state index in [9.17, 15) is 4.39 Å². The number of benzene rings is 2. The van der Waals surface area contributed by atoms with Gasteiger partial charge in [-0.1, -0.05) is 33.6 Å². The van der Waals surface area contributed by atoms with E-state index in [4.69, 9.17) is 16.0 Å². The molecule has 2 nitrogen and oxygen atoms in total. The van der Waals surface area contributed by atoms with Crippen molar-refractivity contribution in [1.82, 2.24) is 0 Å². The van der Waals surface area contributed by atoms with E-state index in [1.165, 1.54) is 17.7 Å². The van der Waals surface area contributed by atoms with Crippen LogP contribution in [0.3, 0.4) is 0 Å². The van der Waals surface area contributed by atoms with E-state index in [0.717, 1.165) is 15.8 Å². The van der Waals surface area contributed by atoms with Gasteiger partial charge in [-0.25, -0.2) is 4.39 Å². The zero-order valence-electron chi connectivity index (χ0n) is 12.2. The molecule has 0 aliphatic carbocycles. The van der Waals surface area contributed by atoms with Crippen molar-refractivity contribution < 1.29 is 8.81 Å². The van der Waals surface area contributed by atoms with Gasteiger partial charge in [0.15, 0.2) is 0 Å². The SMILES string of the molecule is Cc1ccc(-c2ccc(C=Nc3ccc(F)c(Cl)c3)o2)c(Br)c1. The second kappa shape index (κ2) is 6.69. The molecule has 0 unspecified atom stereocenters. The highest BCUT2D eigenvalue weighted by Crippen LogP contribution is 2.30. The average Bonchev–Trinajstić information content (AvgIpc) is 2.97. The number of rotatable bonds is 3. The van der Waals surface area contributed by atoms with E-state index < -0.39 is 5.82 Å². The molecule has 0 saturated carbocycles. The summed E-state index contributed by atoms with van der Waals surface area (Å²) in [6, 6.07) is 14.1. The Balaban J connectivity index is 1.84. The van der Waals surface area contributed by atoms with Crippen molar-refractivity contribution in [2.24, 2.45) is 4.99 Å². The van der Waals surface area contributed by atoms with Crippen molar-refractivity contribution in [3.05, 3.63) is 75.2 Å². The lowest BCUT2D eigenvalue weighted by Crippen LogP contribution is -1.79. The summed E-state index contributed by atoms with van der Waals surface area (Å²) in [6.07, 6.45) is 1.58. The molecule has 0 N–H and O–H groups in total. The Morgan fingerprint density at radius 1 is 1.13 bits per heavy atom. The van der Waals surface area contributed by atoms with Crippen LogP contribution in [0.5, 0.6) is 0 Å². The van der Waals surface area contributed by atoms with E-state index in [2.05, 4.69) is 20.9 Å². The predicted molar refractivity (Wildman–Crippen MR) is 95.2 cm³/mol. The van der Waals surface area contributed by atoms with Crippen LogP contribution in [0.2, 0.25) is 5.02 Å². The zero-order valence-corrected chi connectivity index (χ0v) is 14.5. The van der Waals surface area contributed by atoms with Crippen LogP contribution in [0.4, 0.5) is 10.1 Å². The van der Waals surface area contributed by atoms with Crippen molar-refractivity contribution in [2.75, 3.05) is 0 Å². The number of aliphatic imine (C=N–C) groups is 1. The second-order valence-electron chi connectivity index (χ2n) is 5.04. The fourth-order valence-electron chi connectivity index (χ4n) is 2.09. The maximum Gasteiger partial charge on any atom is 0.145 e. The van der Waals surface area contributed by atoms with Gasteiger partial charge in [-0.15, -0.1) is 0 Å². The van der Waals surface area contributed by atoms with Crippen molar-refractivity contribution >= 4 is 39.4 Å². The molecule has 0 aliphatic heterocycles. The number of aryl methyl sites for hydroxylation is 1. The fourth-order valence-corrected chi connectivity index (χ4v) is 2.95. The lowest BCUT2D eigenvalue weighted by molar-refractivity contribution is 0.575. The minimum absolute atomic E-state index is 0.0448. The van der Waals surface area contributed by atoms with Gasteiger partial charge in [-0.2, -0.15) is 0 Å². The van der Waals surface area contributed by atoms with Crippen LogP contribution in [-0.4, -0.2) is 6.21 Å². The third-order valence-electron chi connectivity index (χ3n) is 3.26. The number of hydrogen-bond donors (Lipinski definition) is 0. The Bertz CT molecular complexity index is 888. The summed E-state index contributed by atoms with van der Waals surface area (Å²) in [5.41, 5.74) is 2.70. The van der Waals surface area contributed by atoms with E-state index in [1.54, 1.807) is 12.3 Å². The van der Waals surface area contributed by atoms with Gasteiger partial charge in [0.05, 0.1) is 16.9 Å². The largest absolute Gasteiger partial charge is 0.455 e. The number of nitrogens with zero attached hydrogens (tertiary/aromatic N) is 1. The first-order chi connectivity index (χ1) is 11.0. The summed E-state index contributed by atoms with van der Waals surface area (Å²) in [7, 11) is 0. The van der Waals surface area contributed by atoms with Crippen molar-refractivity contribution in [2.45, 2.75) is 6.92 Å². The molecule has 0 radical (unpaired) electrons. The van der Waals surface area contributed by atoms with Gasteiger partial charge in [0.2, 0.25) is 0 Å². The smallest absolute Gasteiger partial charge is 0.145 e. The average molecular weight is 393 g/mol. The molecule has 1 aromatic heterocycles. The Morgan fingerprint density at radius 3 is 2.70 bits per heavy atom. The molecule has 23 heavy (non-hydrogen) atoms. The van der Waals surface area contributed by atoms with E-state index >= 15 is 0 Å². The molecule has 0 atom stereocenters. The minimum atomic E-state index is -0.463. The minimum Gasteiger partial charge on any atom is -0.455 e. The summed E-state index contributed by atoms with van der Waals surface area (Å²) >= 11 is 9.27. The summed E-state index contributed by atoms with van der Waals surface area (Å²) < 4.78 is 19.9. The van der Waals surface area contributed by atoms with Gasteiger partial charge in [0, 0.05) is 10.0 Å². The number of furan rings is 1. The van der Waals surface area contributed by atoms with Crippen molar-refractivity contribution in [3.63, 3.8) is 0 Å². The molecular weight excluding hydrogens is 381 g/mol. The summed E-state index contributed by atoms with van der Waals surface area (Å²) in [6.45, 7) is 2.03. The molecule has 0 spiro atoms. The Kier molecular flexibility index (Phi) is 4.64. The van der Waals surface area contributed by atoms with Gasteiger partial charge in [0.25, 0.3) is 0 Å². The fraction of sp³-hybridized carbons (Fsp3) is 0.0556. The predicted octanol–water partition coefficient (Wildman–Crippen LogP) is 6.56. The summed E-state index contributed by atoms with van der Waals surface area (Å²) in [5, 5.41) is 0.0448. The van der Waals surface area contributed by atoms with Crippen LogP contribution >= 0.6 is 27.5 Å². The van der Waals surface area contributed by atoms with E-state index in [-0.39, 0.29) is 5.02 Å². The Hall–Kier alpha value is -1.91. The van der Waals surface area contributed by atoms with Gasteiger partial charge >= 0.3 is 0 Å². The maximum atomic E-state index is 13.1. The first kappa shape index (κ1) is 16.0. The number of halogens is 3. The Morgan fingerprint density at radius 2 is 1.96 bits per heavy atom. The van der Waals surface area contributed by atoms with Gasteiger partial charge in [0.1, 0.15) is 17.3 Å². The summed E-state index contributed by atoms with van der Waals surface area (Å²) in [5.74, 6) is 0.888. The first-order valence-corrected chi connectivity index (χ1v) is 8.05. The molecule has 0 bridgehead atoms. The normalized spacial score (nSPS) is 11.3. The molecule has 2 aromatic carbocycles. The lowest BCUT2D eigenvalue weighted by atomic mass is 10.1. The number of hydrogen-bond acceptors (Lipinski definition) is 2. The topological polar surface area (TPSA) is 25.5 Å². The highest BCUT2D eigenvalue weighted by molar-refractivity contribution is 9.10. The molecule has 0 fully saturated rings. The lowest BCUT2D eigenvalue weighted by Gasteiger charge is -2.02. The molecule has 5 heteroatoms. The molecule has 0 amide bonds. The zero-order chi connectivity index (χ0) is 16.4. The van der Waals surface area contributed by atoms with Crippen LogP contribution in [0.25, 0.3) is 11.3 Å². The molecule has 0 saturated heterocycles. The standard InChI is InChI=1S/C18H12BrClFNO/c1-11-2-5-14(15(19)8-11)18-7-4-13(23-18)10-22-12-3-6-17(21)16(20)9-12/h2-10H,1H3. The third-order valence-corrected chi connectivity index (χ3v) is 4.21. The molecule has 0 aliphatic rings. The monoisotopic (exact) mass is 391 g/mol. The van der Waals surface area contributed by atoms with Crippen LogP contribution in [0.1, 0.15) is 11.3 Å². The molecule has 3 aromatic rings. The van der Waals surface area contributed by atoms with Crippen LogP contribution in [0.15, 0.2) is 62.4 Å². The molecule has 3 rings (SSSR count). The molecule has 1 heterocycles. The molecule has 116 valence electrons. The highest BCUT2D eigenvalue weighted by atomic mass is 79.9. The van der Waals surface area contributed by atoms with Crippen molar-refractivity contribution in [3.8, 4) is 11.3 Å². The summed E-state index contributed by atoms with van der Waals surface area (Å²) in [4.78, 5) is 4.24. The van der Waals surface area contributed by atoms with Gasteiger partial charge < -0.3 is 4.42 Å². The van der Waals surface area contributed by atoms with E-state index in [1.807, 2.05) is 37.3 Å². The van der Waals surface area contributed by atoms with E-state index in [0.29, 0.717) is 11.4 Å². The highest BCUT2D eigenvalue weighted by Gasteiger charge is 2.08. The van der Waals surface area contributed by atoms with Gasteiger partial charge in [-0.05, 0) is 55.0 Å². The quantitative estimate of drug-likeness (QED) is 0.463. The Labute approximate surface area is 146 Å². The second-order valence-corrected chi connectivity index (χ2v) is 6.30. The van der Waals surface area contributed by atoms with Crippen molar-refractivity contribution in [1.29, 1.82) is 0 Å². The first-order valence-electron chi connectivity index (χ1n) is 6.88. The van der Waals surface area contributed by atoms with Crippen LogP contribution in [0, 0.1) is 12.7 Å². The van der Waals surface area contributed by atoms with Gasteiger partial charge in [-0.3, -0.25) is 4.99 Å².